The van der Waals surface area contributed by atoms with Crippen LogP contribution in [-0.2, 0) is 4.79 Å². The minimum absolute atomic E-state index is 0.194. The van der Waals surface area contributed by atoms with Gasteiger partial charge in [-0.15, -0.1) is 0 Å². The summed E-state index contributed by atoms with van der Waals surface area (Å²) in [5.41, 5.74) is 6.60. The normalized spacial score (nSPS) is 22.9. The molecule has 3 nitrogen and oxygen atoms in total. The van der Waals surface area contributed by atoms with Crippen molar-refractivity contribution in [2.45, 2.75) is 32.1 Å². The Morgan fingerprint density at radius 3 is 2.95 bits per heavy atom. The van der Waals surface area contributed by atoms with Gasteiger partial charge in [-0.05, 0) is 76.9 Å². The molecule has 0 radical (unpaired) electrons. The molecule has 1 fully saturated rings. The van der Waals surface area contributed by atoms with Crippen LogP contribution in [0, 0.1) is 15.4 Å². The van der Waals surface area contributed by atoms with E-state index in [-0.39, 0.29) is 5.91 Å². The maximum Gasteiger partial charge on any atom is 0.217 e. The molecule has 0 bridgehead atoms. The highest BCUT2D eigenvalue weighted by atomic mass is 127. The first-order valence-electron chi connectivity index (χ1n) is 6.64. The van der Waals surface area contributed by atoms with Gasteiger partial charge in [0, 0.05) is 9.99 Å². The first-order chi connectivity index (χ1) is 9.02. The average Bonchev–Trinajstić information content (AvgIpc) is 3.16. The van der Waals surface area contributed by atoms with E-state index in [1.807, 2.05) is 6.07 Å². The van der Waals surface area contributed by atoms with Crippen LogP contribution < -0.4 is 10.5 Å². The Balaban J connectivity index is 2.00. The Labute approximate surface area is 128 Å². The Bertz CT molecular complexity index is 475. The standard InChI is InChI=1S/C15H20INO2/c1-9(3-6-15(17)18)11-8-12(11)13-7-10(19-2)4-5-14(13)16/h4-5,7,9,11-12H,3,6,8H2,1-2H3,(H2,17,18). The van der Waals surface area contributed by atoms with E-state index in [1.54, 1.807) is 7.11 Å². The van der Waals surface area contributed by atoms with E-state index < -0.39 is 0 Å². The first-order valence-corrected chi connectivity index (χ1v) is 7.72. The molecule has 104 valence electrons. The molecule has 0 heterocycles. The van der Waals surface area contributed by atoms with E-state index in [0.717, 1.165) is 12.2 Å². The van der Waals surface area contributed by atoms with Crippen molar-refractivity contribution in [1.29, 1.82) is 0 Å². The number of carbonyl (C=O) groups excluding carboxylic acids is 1. The fourth-order valence-corrected chi connectivity index (χ4v) is 3.45. The van der Waals surface area contributed by atoms with Gasteiger partial charge in [-0.1, -0.05) is 6.92 Å². The molecule has 3 unspecified atom stereocenters. The van der Waals surface area contributed by atoms with Gasteiger partial charge in [0.15, 0.2) is 0 Å². The van der Waals surface area contributed by atoms with Crippen LogP contribution in [0.1, 0.15) is 37.7 Å². The van der Waals surface area contributed by atoms with Crippen molar-refractivity contribution in [3.05, 3.63) is 27.3 Å². The highest BCUT2D eigenvalue weighted by Gasteiger charge is 2.42. The van der Waals surface area contributed by atoms with Crippen molar-refractivity contribution in [1.82, 2.24) is 0 Å². The van der Waals surface area contributed by atoms with Gasteiger partial charge in [-0.25, -0.2) is 0 Å². The van der Waals surface area contributed by atoms with Crippen LogP contribution in [0.5, 0.6) is 5.75 Å². The second-order valence-corrected chi connectivity index (χ2v) is 6.54. The summed E-state index contributed by atoms with van der Waals surface area (Å²) in [6, 6.07) is 6.25. The summed E-state index contributed by atoms with van der Waals surface area (Å²) < 4.78 is 6.60. The predicted octanol–water partition coefficient (Wildman–Crippen LogP) is 3.30. The topological polar surface area (TPSA) is 52.3 Å². The Kier molecular flexibility index (Phi) is 4.71. The van der Waals surface area contributed by atoms with E-state index in [1.165, 1.54) is 15.6 Å². The third-order valence-electron chi connectivity index (χ3n) is 4.02. The summed E-state index contributed by atoms with van der Waals surface area (Å²) in [6.07, 6.45) is 2.61. The zero-order chi connectivity index (χ0) is 14.0. The molecule has 3 atom stereocenters. The molecule has 4 heteroatoms. The van der Waals surface area contributed by atoms with Gasteiger partial charge in [-0.2, -0.15) is 0 Å². The van der Waals surface area contributed by atoms with Gasteiger partial charge in [0.25, 0.3) is 0 Å². The first kappa shape index (κ1) is 14.6. The van der Waals surface area contributed by atoms with E-state index >= 15 is 0 Å². The third kappa shape index (κ3) is 3.61. The number of ether oxygens (including phenoxy) is 1. The van der Waals surface area contributed by atoms with Crippen molar-refractivity contribution < 1.29 is 9.53 Å². The molecule has 2 N–H and O–H groups in total. The van der Waals surface area contributed by atoms with Gasteiger partial charge < -0.3 is 10.5 Å². The monoisotopic (exact) mass is 373 g/mol. The second-order valence-electron chi connectivity index (χ2n) is 5.38. The number of nitrogens with two attached hydrogens (primary N) is 1. The highest BCUT2D eigenvalue weighted by Crippen LogP contribution is 2.54. The molecule has 1 aliphatic rings. The maximum absolute atomic E-state index is 10.8. The van der Waals surface area contributed by atoms with Gasteiger partial charge in [-0.3, -0.25) is 4.79 Å². The van der Waals surface area contributed by atoms with Crippen LogP contribution in [-0.4, -0.2) is 13.0 Å². The van der Waals surface area contributed by atoms with Crippen molar-refractivity contribution in [2.24, 2.45) is 17.6 Å². The number of amides is 1. The molecular weight excluding hydrogens is 353 g/mol. The summed E-state index contributed by atoms with van der Waals surface area (Å²) in [6.45, 7) is 2.22. The molecule has 0 saturated heterocycles. The van der Waals surface area contributed by atoms with E-state index in [4.69, 9.17) is 10.5 Å². The molecule has 0 aromatic heterocycles. The molecule has 0 aliphatic heterocycles. The fraction of sp³-hybridized carbons (Fsp3) is 0.533. The number of carbonyl (C=O) groups is 1. The van der Waals surface area contributed by atoms with Crippen molar-refractivity contribution >= 4 is 28.5 Å². The average molecular weight is 373 g/mol. The molecule has 1 saturated carbocycles. The number of methoxy groups -OCH3 is 1. The molecule has 19 heavy (non-hydrogen) atoms. The maximum atomic E-state index is 10.8. The van der Waals surface area contributed by atoms with Gasteiger partial charge in [0.1, 0.15) is 5.75 Å². The van der Waals surface area contributed by atoms with Crippen LogP contribution in [0.25, 0.3) is 0 Å². The number of rotatable bonds is 6. The minimum atomic E-state index is -0.194. The van der Waals surface area contributed by atoms with Crippen molar-refractivity contribution in [3.8, 4) is 5.75 Å². The molecular formula is C15H20INO2. The van der Waals surface area contributed by atoms with Crippen LogP contribution in [0.4, 0.5) is 0 Å². The lowest BCUT2D eigenvalue weighted by molar-refractivity contribution is -0.118. The van der Waals surface area contributed by atoms with Gasteiger partial charge >= 0.3 is 0 Å². The van der Waals surface area contributed by atoms with Crippen LogP contribution in [0.2, 0.25) is 0 Å². The third-order valence-corrected chi connectivity index (χ3v) is 5.00. The van der Waals surface area contributed by atoms with Gasteiger partial charge in [0.2, 0.25) is 5.91 Å². The summed E-state index contributed by atoms with van der Waals surface area (Å²) in [7, 11) is 1.70. The van der Waals surface area contributed by atoms with Crippen molar-refractivity contribution in [3.63, 3.8) is 0 Å². The lowest BCUT2D eigenvalue weighted by Crippen LogP contribution is -2.12. The van der Waals surface area contributed by atoms with E-state index in [2.05, 4.69) is 41.6 Å². The Morgan fingerprint density at radius 1 is 1.58 bits per heavy atom. The molecule has 2 rings (SSSR count). The zero-order valence-corrected chi connectivity index (χ0v) is 13.5. The van der Waals surface area contributed by atoms with Crippen LogP contribution >= 0.6 is 22.6 Å². The highest BCUT2D eigenvalue weighted by molar-refractivity contribution is 14.1. The number of halogens is 1. The fourth-order valence-electron chi connectivity index (χ4n) is 2.72. The summed E-state index contributed by atoms with van der Waals surface area (Å²) in [4.78, 5) is 10.8. The zero-order valence-electron chi connectivity index (χ0n) is 11.4. The van der Waals surface area contributed by atoms with Crippen LogP contribution in [0.3, 0.4) is 0 Å². The lowest BCUT2D eigenvalue weighted by atomic mass is 9.96. The van der Waals surface area contributed by atoms with E-state index in [0.29, 0.717) is 24.2 Å². The quantitative estimate of drug-likeness (QED) is 0.778. The molecule has 1 aromatic rings. The molecule has 1 aromatic carbocycles. The van der Waals surface area contributed by atoms with Gasteiger partial charge in [0.05, 0.1) is 7.11 Å². The second kappa shape index (κ2) is 6.11. The van der Waals surface area contributed by atoms with Crippen LogP contribution in [0.15, 0.2) is 18.2 Å². The smallest absolute Gasteiger partial charge is 0.217 e. The lowest BCUT2D eigenvalue weighted by Gasteiger charge is -2.11. The number of hydrogen-bond donors (Lipinski definition) is 1. The number of hydrogen-bond acceptors (Lipinski definition) is 2. The minimum Gasteiger partial charge on any atom is -0.497 e. The SMILES string of the molecule is COc1ccc(I)c(C2CC2C(C)CCC(N)=O)c1. The summed E-state index contributed by atoms with van der Waals surface area (Å²) >= 11 is 2.38. The van der Waals surface area contributed by atoms with E-state index in [9.17, 15) is 4.79 Å². The Hall–Kier alpha value is -0.780. The van der Waals surface area contributed by atoms with Crippen molar-refractivity contribution in [2.75, 3.05) is 7.11 Å². The Morgan fingerprint density at radius 2 is 2.32 bits per heavy atom. The summed E-state index contributed by atoms with van der Waals surface area (Å²) in [5.74, 6) is 2.58. The summed E-state index contributed by atoms with van der Waals surface area (Å²) in [5, 5.41) is 0. The number of primary amides is 1. The largest absolute Gasteiger partial charge is 0.497 e. The molecule has 1 amide bonds. The number of benzene rings is 1. The molecule has 1 aliphatic carbocycles. The predicted molar refractivity (Wildman–Crippen MR) is 84.2 cm³/mol. The molecule has 0 spiro atoms.